The van der Waals surface area contributed by atoms with Gasteiger partial charge in [0.1, 0.15) is 0 Å². The molecule has 0 aliphatic carbocycles. The molecule has 2 aromatic carbocycles. The van der Waals surface area contributed by atoms with Crippen molar-refractivity contribution in [3.8, 4) is 0 Å². The summed E-state index contributed by atoms with van der Waals surface area (Å²) in [5.74, 6) is 0. The van der Waals surface area contributed by atoms with Gasteiger partial charge in [-0.2, -0.15) is 0 Å². The van der Waals surface area contributed by atoms with Gasteiger partial charge in [0, 0.05) is 0 Å². The van der Waals surface area contributed by atoms with Crippen molar-refractivity contribution in [2.45, 2.75) is 6.92 Å². The molecule has 0 radical (unpaired) electrons. The molecule has 16 heavy (non-hydrogen) atoms. The molecule has 0 spiro atoms. The van der Waals surface area contributed by atoms with Crippen LogP contribution in [0.3, 0.4) is 0 Å². The van der Waals surface area contributed by atoms with Crippen molar-refractivity contribution in [2.24, 2.45) is 0 Å². The van der Waals surface area contributed by atoms with E-state index < -0.39 is 0 Å². The Balaban J connectivity index is 2.09. The Morgan fingerprint density at radius 1 is 0.875 bits per heavy atom. The van der Waals surface area contributed by atoms with Gasteiger partial charge in [0.25, 0.3) is 0 Å². The standard InChI is InChI=1S/C15H14Se/c1-13(12-14-8-4-2-5-9-14)16-15-10-6-3-7-11-15/h2-12H,1H3/b13-12+. The third-order valence-corrected chi connectivity index (χ3v) is 4.18. The van der Waals surface area contributed by atoms with Gasteiger partial charge in [-0.3, -0.25) is 0 Å². The summed E-state index contributed by atoms with van der Waals surface area (Å²) >= 11 is 0.442. The minimum atomic E-state index is 0.442. The normalized spacial score (nSPS) is 11.4. The van der Waals surface area contributed by atoms with E-state index in [1.165, 1.54) is 14.5 Å². The summed E-state index contributed by atoms with van der Waals surface area (Å²) in [5.41, 5.74) is 1.29. The number of benzene rings is 2. The van der Waals surface area contributed by atoms with Crippen LogP contribution in [0.5, 0.6) is 0 Å². The van der Waals surface area contributed by atoms with E-state index in [9.17, 15) is 0 Å². The fraction of sp³-hybridized carbons (Fsp3) is 0.0667. The van der Waals surface area contributed by atoms with E-state index in [2.05, 4.69) is 73.7 Å². The van der Waals surface area contributed by atoms with Gasteiger partial charge >= 0.3 is 103 Å². The first-order chi connectivity index (χ1) is 7.84. The molecule has 0 atom stereocenters. The van der Waals surface area contributed by atoms with Crippen molar-refractivity contribution >= 4 is 25.5 Å². The van der Waals surface area contributed by atoms with Crippen molar-refractivity contribution in [3.05, 3.63) is 70.7 Å². The predicted octanol–water partition coefficient (Wildman–Crippen LogP) is 3.08. The Hall–Kier alpha value is -1.30. The quantitative estimate of drug-likeness (QED) is 0.754. The van der Waals surface area contributed by atoms with Crippen LogP contribution < -0.4 is 4.46 Å². The van der Waals surface area contributed by atoms with Crippen LogP contribution in [0.4, 0.5) is 0 Å². The number of hydrogen-bond acceptors (Lipinski definition) is 0. The molecule has 0 unspecified atom stereocenters. The second-order valence-corrected chi connectivity index (χ2v) is 6.35. The number of rotatable bonds is 3. The molecule has 1 heteroatoms. The van der Waals surface area contributed by atoms with E-state index in [1.807, 2.05) is 0 Å². The van der Waals surface area contributed by atoms with Gasteiger partial charge < -0.3 is 0 Å². The molecule has 0 nitrogen and oxygen atoms in total. The number of allylic oxidation sites excluding steroid dienone is 1. The SMILES string of the molecule is C/C(=C\c1ccccc1)[Se]c1ccccc1. The Morgan fingerprint density at radius 3 is 2.06 bits per heavy atom. The summed E-state index contributed by atoms with van der Waals surface area (Å²) in [6.07, 6.45) is 2.27. The zero-order chi connectivity index (χ0) is 11.2. The average molecular weight is 273 g/mol. The Kier molecular flexibility index (Phi) is 3.98. The van der Waals surface area contributed by atoms with Crippen LogP contribution >= 0.6 is 0 Å². The first-order valence-electron chi connectivity index (χ1n) is 5.31. The summed E-state index contributed by atoms with van der Waals surface area (Å²) in [5, 5.41) is 0. The first kappa shape index (κ1) is 11.2. The molecule has 0 N–H and O–H groups in total. The number of hydrogen-bond donors (Lipinski definition) is 0. The molecule has 80 valence electrons. The van der Waals surface area contributed by atoms with Crippen molar-refractivity contribution in [1.82, 2.24) is 0 Å². The van der Waals surface area contributed by atoms with Gasteiger partial charge in [-0.1, -0.05) is 0 Å². The van der Waals surface area contributed by atoms with Gasteiger partial charge in [-0.15, -0.1) is 0 Å². The van der Waals surface area contributed by atoms with Gasteiger partial charge in [-0.05, 0) is 0 Å². The maximum atomic E-state index is 2.27. The second kappa shape index (κ2) is 5.69. The van der Waals surface area contributed by atoms with Gasteiger partial charge in [-0.25, -0.2) is 0 Å². The molecular weight excluding hydrogens is 259 g/mol. The van der Waals surface area contributed by atoms with Crippen molar-refractivity contribution in [1.29, 1.82) is 0 Å². The molecule has 0 amide bonds. The Bertz CT molecular complexity index is 457. The van der Waals surface area contributed by atoms with Crippen LogP contribution in [0.2, 0.25) is 0 Å². The molecule has 2 aromatic rings. The molecule has 0 fully saturated rings. The zero-order valence-electron chi connectivity index (χ0n) is 9.26. The minimum absolute atomic E-state index is 0.442. The molecule has 0 saturated heterocycles. The summed E-state index contributed by atoms with van der Waals surface area (Å²) in [6.45, 7) is 2.21. The Labute approximate surface area is 103 Å². The van der Waals surface area contributed by atoms with E-state index in [0.717, 1.165) is 0 Å². The van der Waals surface area contributed by atoms with Crippen LogP contribution in [0.1, 0.15) is 12.5 Å². The third-order valence-electron chi connectivity index (χ3n) is 2.19. The van der Waals surface area contributed by atoms with Crippen LogP contribution in [0.25, 0.3) is 6.08 Å². The first-order valence-corrected chi connectivity index (χ1v) is 7.02. The van der Waals surface area contributed by atoms with E-state index in [-0.39, 0.29) is 0 Å². The fourth-order valence-electron chi connectivity index (χ4n) is 1.49. The molecule has 2 rings (SSSR count). The van der Waals surface area contributed by atoms with Gasteiger partial charge in [0.15, 0.2) is 0 Å². The Morgan fingerprint density at radius 2 is 1.44 bits per heavy atom. The van der Waals surface area contributed by atoms with Crippen LogP contribution in [0, 0.1) is 0 Å². The monoisotopic (exact) mass is 274 g/mol. The second-order valence-electron chi connectivity index (χ2n) is 3.58. The molecule has 0 saturated carbocycles. The van der Waals surface area contributed by atoms with Crippen molar-refractivity contribution in [2.75, 3.05) is 0 Å². The van der Waals surface area contributed by atoms with Crippen molar-refractivity contribution < 1.29 is 0 Å². The topological polar surface area (TPSA) is 0 Å². The van der Waals surface area contributed by atoms with E-state index >= 15 is 0 Å². The molecule has 0 aliphatic heterocycles. The molecule has 0 aliphatic rings. The summed E-state index contributed by atoms with van der Waals surface area (Å²) in [7, 11) is 0. The third kappa shape index (κ3) is 3.37. The fourth-order valence-corrected chi connectivity index (χ4v) is 3.29. The van der Waals surface area contributed by atoms with Gasteiger partial charge in [0.05, 0.1) is 0 Å². The van der Waals surface area contributed by atoms with E-state index in [0.29, 0.717) is 15.0 Å². The summed E-state index contributed by atoms with van der Waals surface area (Å²) < 4.78 is 2.88. The summed E-state index contributed by atoms with van der Waals surface area (Å²) in [4.78, 5) is 0. The van der Waals surface area contributed by atoms with Crippen LogP contribution in [-0.2, 0) is 0 Å². The molecule has 0 heterocycles. The van der Waals surface area contributed by atoms with Crippen LogP contribution in [-0.4, -0.2) is 15.0 Å². The molecule has 0 bridgehead atoms. The zero-order valence-corrected chi connectivity index (χ0v) is 11.0. The molecular formula is C15H14Se. The van der Waals surface area contributed by atoms with E-state index in [4.69, 9.17) is 0 Å². The van der Waals surface area contributed by atoms with E-state index in [1.54, 1.807) is 0 Å². The summed E-state index contributed by atoms with van der Waals surface area (Å²) in [6, 6.07) is 21.2. The van der Waals surface area contributed by atoms with Gasteiger partial charge in [0.2, 0.25) is 0 Å². The maximum absolute atomic E-state index is 2.27. The van der Waals surface area contributed by atoms with Crippen molar-refractivity contribution in [3.63, 3.8) is 0 Å². The molecule has 0 aromatic heterocycles. The van der Waals surface area contributed by atoms with Crippen LogP contribution in [0.15, 0.2) is 65.1 Å². The predicted molar refractivity (Wildman–Crippen MR) is 71.9 cm³/mol. The average Bonchev–Trinajstić information content (AvgIpc) is 2.31.